The summed E-state index contributed by atoms with van der Waals surface area (Å²) in [6.45, 7) is 4.70. The highest BCUT2D eigenvalue weighted by molar-refractivity contribution is 6.06. The second-order valence-corrected chi connectivity index (χ2v) is 14.3. The van der Waals surface area contributed by atoms with E-state index in [1.54, 1.807) is 19.2 Å². The molecule has 3 aromatic rings. The number of anilines is 4. The zero-order valence-corrected chi connectivity index (χ0v) is 31.1. The third-order valence-corrected chi connectivity index (χ3v) is 10.9. The minimum atomic E-state index is -0.709. The number of piperidine rings is 2. The van der Waals surface area contributed by atoms with Crippen molar-refractivity contribution in [3.63, 3.8) is 0 Å². The Morgan fingerprint density at radius 1 is 1.02 bits per heavy atom. The fourth-order valence-corrected chi connectivity index (χ4v) is 7.86. The molecule has 1 atom stereocenters. The Labute approximate surface area is 318 Å². The van der Waals surface area contributed by atoms with Crippen molar-refractivity contribution in [3.05, 3.63) is 64.5 Å². The Morgan fingerprint density at radius 3 is 2.51 bits per heavy atom. The van der Waals surface area contributed by atoms with Crippen molar-refractivity contribution in [2.45, 2.75) is 76.4 Å². The number of nitrogens with one attached hydrogen (secondary N) is 4. The summed E-state index contributed by atoms with van der Waals surface area (Å²) in [5.41, 5.74) is 10.0. The molecule has 0 bridgehead atoms. The Bertz CT molecular complexity index is 1990. The number of hydrogen-bond donors (Lipinski definition) is 5. The normalized spacial score (nSPS) is 19.2. The van der Waals surface area contributed by atoms with Crippen molar-refractivity contribution in [2.75, 3.05) is 55.9 Å². The van der Waals surface area contributed by atoms with E-state index < -0.39 is 17.9 Å². The van der Waals surface area contributed by atoms with Crippen LogP contribution in [0.15, 0.2) is 36.4 Å². The standard InChI is InChI=1S/C39H47N9O7/c1-3-28-36(42-23-13-17-55-18-14-23)46-37(34(44-28)35(40)51)43-24-7-8-25(31(19-24)54-2)22-11-15-47(16-12-22)33(50)20-41-29-6-4-5-26-27(29)21-48(39(26)53)30-9-10-32(49)45-38(30)52/h4-8,19,22-23,30,41H,3,9-18,20-21H2,1-2H3,(H2,40,51)(H2,42,43,46)(H,45,49,52). The molecule has 5 amide bonds. The number of methoxy groups -OCH3 is 1. The lowest BCUT2D eigenvalue weighted by atomic mass is 9.88. The molecule has 3 saturated heterocycles. The number of carbonyl (C=O) groups is 5. The molecule has 2 aromatic carbocycles. The van der Waals surface area contributed by atoms with Crippen LogP contribution in [0.5, 0.6) is 5.75 Å². The first-order valence-electron chi connectivity index (χ1n) is 18.9. The first-order chi connectivity index (χ1) is 26.6. The highest BCUT2D eigenvalue weighted by Gasteiger charge is 2.40. The molecule has 0 saturated carbocycles. The van der Waals surface area contributed by atoms with E-state index in [1.165, 1.54) is 4.90 Å². The molecule has 1 unspecified atom stereocenters. The van der Waals surface area contributed by atoms with Gasteiger partial charge in [0.15, 0.2) is 17.3 Å². The number of aromatic nitrogens is 2. The molecule has 1 aromatic heterocycles. The van der Waals surface area contributed by atoms with E-state index in [9.17, 15) is 24.0 Å². The molecule has 3 fully saturated rings. The number of ether oxygens (including phenoxy) is 2. The van der Waals surface area contributed by atoms with Gasteiger partial charge in [0.2, 0.25) is 17.7 Å². The van der Waals surface area contributed by atoms with Gasteiger partial charge in [-0.25, -0.2) is 9.97 Å². The summed E-state index contributed by atoms with van der Waals surface area (Å²) < 4.78 is 11.3. The number of imide groups is 1. The Hall–Kier alpha value is -5.77. The largest absolute Gasteiger partial charge is 0.496 e. The molecule has 0 radical (unpaired) electrons. The van der Waals surface area contributed by atoms with Crippen LogP contribution in [0.2, 0.25) is 0 Å². The number of nitrogens with zero attached hydrogens (tertiary/aromatic N) is 4. The maximum absolute atomic E-state index is 13.4. The highest BCUT2D eigenvalue weighted by atomic mass is 16.5. The van der Waals surface area contributed by atoms with Gasteiger partial charge in [0, 0.05) is 73.9 Å². The smallest absolute Gasteiger partial charge is 0.271 e. The summed E-state index contributed by atoms with van der Waals surface area (Å²) in [6, 6.07) is 10.6. The van der Waals surface area contributed by atoms with Crippen LogP contribution in [0.25, 0.3) is 0 Å². The van der Waals surface area contributed by atoms with Gasteiger partial charge >= 0.3 is 0 Å². The summed E-state index contributed by atoms with van der Waals surface area (Å²) in [5, 5.41) is 12.3. The maximum Gasteiger partial charge on any atom is 0.271 e. The number of hydrogen-bond acceptors (Lipinski definition) is 12. The van der Waals surface area contributed by atoms with Crippen molar-refractivity contribution >= 4 is 52.5 Å². The number of amides is 5. The Morgan fingerprint density at radius 2 is 1.80 bits per heavy atom. The number of primary amides is 1. The van der Waals surface area contributed by atoms with Crippen LogP contribution in [0, 0.1) is 0 Å². The van der Waals surface area contributed by atoms with Gasteiger partial charge in [-0.2, -0.15) is 0 Å². The first-order valence-corrected chi connectivity index (χ1v) is 18.9. The fourth-order valence-electron chi connectivity index (χ4n) is 7.86. The summed E-state index contributed by atoms with van der Waals surface area (Å²) >= 11 is 0. The average Bonchev–Trinajstić information content (AvgIpc) is 3.53. The number of rotatable bonds is 12. The van der Waals surface area contributed by atoms with E-state index in [1.807, 2.05) is 36.1 Å². The summed E-state index contributed by atoms with van der Waals surface area (Å²) in [4.78, 5) is 75.8. The second kappa shape index (κ2) is 16.3. The monoisotopic (exact) mass is 753 g/mol. The quantitative estimate of drug-likeness (QED) is 0.169. The van der Waals surface area contributed by atoms with E-state index in [-0.39, 0.29) is 67.1 Å². The maximum atomic E-state index is 13.4. The SMILES string of the molecule is CCc1nc(C(N)=O)c(Nc2ccc(C3CCN(C(=O)CNc4cccc5c4CN(C4CCC(=O)NC4=O)C5=O)CC3)c(OC)c2)nc1NC1CCOCC1. The molecule has 16 nitrogen and oxygen atoms in total. The van der Waals surface area contributed by atoms with Crippen LogP contribution in [0.1, 0.15) is 89.0 Å². The lowest BCUT2D eigenvalue weighted by Gasteiger charge is -2.33. The number of fused-ring (bicyclic) bond motifs is 1. The number of likely N-dealkylation sites (tertiary alicyclic amines) is 1. The van der Waals surface area contributed by atoms with Gasteiger partial charge in [0.1, 0.15) is 11.8 Å². The Kier molecular flexibility index (Phi) is 11.1. The predicted octanol–water partition coefficient (Wildman–Crippen LogP) is 3.06. The second-order valence-electron chi connectivity index (χ2n) is 14.3. The molecule has 4 aliphatic rings. The minimum Gasteiger partial charge on any atom is -0.496 e. The Balaban J connectivity index is 0.969. The third kappa shape index (κ3) is 8.04. The van der Waals surface area contributed by atoms with Gasteiger partial charge in [0.05, 0.1) is 19.3 Å². The average molecular weight is 754 g/mol. The highest BCUT2D eigenvalue weighted by Crippen LogP contribution is 2.37. The van der Waals surface area contributed by atoms with Gasteiger partial charge in [-0.05, 0) is 68.2 Å². The summed E-state index contributed by atoms with van der Waals surface area (Å²) in [7, 11) is 1.62. The molecule has 7 rings (SSSR count). The van der Waals surface area contributed by atoms with Crippen LogP contribution in [0.4, 0.5) is 23.0 Å². The van der Waals surface area contributed by atoms with Crippen molar-refractivity contribution < 1.29 is 33.4 Å². The topological polar surface area (TPSA) is 210 Å². The fraction of sp³-hybridized carbons (Fsp3) is 0.462. The van der Waals surface area contributed by atoms with Crippen LogP contribution < -0.4 is 31.7 Å². The van der Waals surface area contributed by atoms with Gasteiger partial charge < -0.3 is 41.0 Å². The van der Waals surface area contributed by atoms with E-state index >= 15 is 0 Å². The lowest BCUT2D eigenvalue weighted by molar-refractivity contribution is -0.137. The minimum absolute atomic E-state index is 0.0547. The molecule has 5 heterocycles. The number of aryl methyl sites for hydroxylation is 1. The molecule has 4 aliphatic heterocycles. The molecule has 290 valence electrons. The van der Waals surface area contributed by atoms with E-state index in [2.05, 4.69) is 26.3 Å². The van der Waals surface area contributed by atoms with Crippen LogP contribution in [-0.2, 0) is 32.1 Å². The summed E-state index contributed by atoms with van der Waals surface area (Å²) in [6.07, 6.45) is 4.21. The van der Waals surface area contributed by atoms with Crippen molar-refractivity contribution in [1.82, 2.24) is 25.1 Å². The first kappa shape index (κ1) is 37.5. The molecular formula is C39H47N9O7. The number of nitrogens with two attached hydrogens (primary N) is 1. The zero-order valence-electron chi connectivity index (χ0n) is 31.1. The lowest BCUT2D eigenvalue weighted by Crippen LogP contribution is -2.52. The van der Waals surface area contributed by atoms with Crippen molar-refractivity contribution in [3.8, 4) is 5.75 Å². The van der Waals surface area contributed by atoms with Crippen molar-refractivity contribution in [1.29, 1.82) is 0 Å². The van der Waals surface area contributed by atoms with Gasteiger partial charge in [-0.15, -0.1) is 0 Å². The molecule has 0 spiro atoms. The van der Waals surface area contributed by atoms with E-state index in [4.69, 9.17) is 20.2 Å². The van der Waals surface area contributed by atoms with Crippen LogP contribution in [0.3, 0.4) is 0 Å². The van der Waals surface area contributed by atoms with Crippen LogP contribution >= 0.6 is 0 Å². The van der Waals surface area contributed by atoms with E-state index in [0.29, 0.717) is 66.9 Å². The number of benzene rings is 2. The molecule has 6 N–H and O–H groups in total. The van der Waals surface area contributed by atoms with Crippen molar-refractivity contribution in [2.24, 2.45) is 5.73 Å². The molecular weight excluding hydrogens is 706 g/mol. The number of carbonyl (C=O) groups excluding carboxylic acids is 5. The molecule has 0 aliphatic carbocycles. The molecule has 16 heteroatoms. The van der Waals surface area contributed by atoms with Gasteiger partial charge in [-0.1, -0.05) is 19.1 Å². The predicted molar refractivity (Wildman–Crippen MR) is 203 cm³/mol. The van der Waals surface area contributed by atoms with Crippen LogP contribution in [-0.4, -0.2) is 101 Å². The van der Waals surface area contributed by atoms with E-state index in [0.717, 1.165) is 36.8 Å². The van der Waals surface area contributed by atoms with Gasteiger partial charge in [-0.3, -0.25) is 29.3 Å². The zero-order chi connectivity index (χ0) is 38.6. The summed E-state index contributed by atoms with van der Waals surface area (Å²) in [5.74, 6) is -0.0921. The molecule has 55 heavy (non-hydrogen) atoms. The van der Waals surface area contributed by atoms with Gasteiger partial charge in [0.25, 0.3) is 11.8 Å². The third-order valence-electron chi connectivity index (χ3n) is 10.9.